The van der Waals surface area contributed by atoms with Gasteiger partial charge < -0.3 is 5.32 Å². The minimum atomic E-state index is -4.59. The number of pyridine rings is 1. The minimum Gasteiger partial charge on any atom is -0.333 e. The largest absolute Gasteiger partial charge is 0.416 e. The number of alkyl halides is 3. The molecule has 0 unspecified atom stereocenters. The van der Waals surface area contributed by atoms with Gasteiger partial charge in [0.15, 0.2) is 11.6 Å². The first-order valence-corrected chi connectivity index (χ1v) is 12.1. The van der Waals surface area contributed by atoms with Crippen molar-refractivity contribution in [1.82, 2.24) is 19.8 Å². The Hall–Kier alpha value is -4.12. The molecule has 39 heavy (non-hydrogen) atoms. The highest BCUT2D eigenvalue weighted by Crippen LogP contribution is 2.36. The summed E-state index contributed by atoms with van der Waals surface area (Å²) in [5, 5.41) is 3.19. The maximum atomic E-state index is 13.5. The topological polar surface area (TPSA) is 50.2 Å². The fraction of sp³-hybridized carbons (Fsp3) is 0.214. The molecule has 2 aromatic carbocycles. The van der Waals surface area contributed by atoms with Crippen LogP contribution >= 0.6 is 0 Å². The lowest BCUT2D eigenvalue weighted by atomic mass is 10.0. The standard InChI is InChI=1S/C28H22F6N4O/c29-22-6-3-17(12-23(22)30)2-1-10-37-11-8-24-21(16-37)20-5-4-19(28(32,33)34)14-25(20)38(24)27(39)36-15-18-7-9-35-26(31)13-18/h1-7,9,12-14H,8,10-11,15-16H2,(H,36,39)/b2-1+. The normalized spacial score (nSPS) is 14.2. The van der Waals surface area contributed by atoms with Crippen LogP contribution in [0.1, 0.15) is 27.9 Å². The lowest BCUT2D eigenvalue weighted by Gasteiger charge is -2.27. The van der Waals surface area contributed by atoms with Gasteiger partial charge in [0.2, 0.25) is 5.95 Å². The number of fused-ring (bicyclic) bond motifs is 3. The molecule has 0 spiro atoms. The first-order valence-electron chi connectivity index (χ1n) is 12.1. The summed E-state index contributed by atoms with van der Waals surface area (Å²) in [6, 6.07) is 8.99. The maximum absolute atomic E-state index is 13.5. The highest BCUT2D eigenvalue weighted by Gasteiger charge is 2.33. The van der Waals surface area contributed by atoms with E-state index in [1.807, 2.05) is 4.90 Å². The van der Waals surface area contributed by atoms with Gasteiger partial charge in [-0.25, -0.2) is 18.6 Å². The van der Waals surface area contributed by atoms with E-state index in [9.17, 15) is 31.1 Å². The van der Waals surface area contributed by atoms with E-state index in [1.54, 1.807) is 12.2 Å². The molecule has 11 heteroatoms. The lowest BCUT2D eigenvalue weighted by molar-refractivity contribution is -0.137. The van der Waals surface area contributed by atoms with Crippen LogP contribution < -0.4 is 5.32 Å². The summed E-state index contributed by atoms with van der Waals surface area (Å²) in [7, 11) is 0. The van der Waals surface area contributed by atoms with Crippen molar-refractivity contribution in [2.75, 3.05) is 13.1 Å². The summed E-state index contributed by atoms with van der Waals surface area (Å²) >= 11 is 0. The van der Waals surface area contributed by atoms with Crippen molar-refractivity contribution in [3.05, 3.63) is 106 Å². The number of aromatic nitrogens is 2. The smallest absolute Gasteiger partial charge is 0.333 e. The van der Waals surface area contributed by atoms with E-state index >= 15 is 0 Å². The molecular weight excluding hydrogens is 522 g/mol. The van der Waals surface area contributed by atoms with Crippen molar-refractivity contribution < 1.29 is 31.1 Å². The Bertz CT molecular complexity index is 1580. The van der Waals surface area contributed by atoms with Gasteiger partial charge in [-0.05, 0) is 53.1 Å². The van der Waals surface area contributed by atoms with Crippen molar-refractivity contribution in [2.24, 2.45) is 0 Å². The molecule has 5 nitrogen and oxygen atoms in total. The monoisotopic (exact) mass is 544 g/mol. The number of nitrogens with one attached hydrogen (secondary N) is 1. The molecule has 0 saturated carbocycles. The first-order chi connectivity index (χ1) is 18.6. The van der Waals surface area contributed by atoms with Crippen LogP contribution in [-0.2, 0) is 25.7 Å². The van der Waals surface area contributed by atoms with Crippen LogP contribution in [0.25, 0.3) is 17.0 Å². The second-order valence-corrected chi connectivity index (χ2v) is 9.20. The van der Waals surface area contributed by atoms with Crippen molar-refractivity contribution in [1.29, 1.82) is 0 Å². The number of carbonyl (C=O) groups excluding carboxylic acids is 1. The molecule has 5 rings (SSSR count). The van der Waals surface area contributed by atoms with E-state index in [1.165, 1.54) is 29.0 Å². The van der Waals surface area contributed by atoms with Crippen LogP contribution in [0.3, 0.4) is 0 Å². The van der Waals surface area contributed by atoms with Gasteiger partial charge in [0.25, 0.3) is 0 Å². The number of hydrogen-bond acceptors (Lipinski definition) is 3. The summed E-state index contributed by atoms with van der Waals surface area (Å²) < 4.78 is 81.9. The molecule has 1 N–H and O–H groups in total. The van der Waals surface area contributed by atoms with Crippen LogP contribution in [0.2, 0.25) is 0 Å². The van der Waals surface area contributed by atoms with Crippen LogP contribution in [0.4, 0.5) is 31.1 Å². The van der Waals surface area contributed by atoms with Gasteiger partial charge in [0, 0.05) is 49.9 Å². The second kappa shape index (κ2) is 10.6. The lowest BCUT2D eigenvalue weighted by Crippen LogP contribution is -2.34. The summed E-state index contributed by atoms with van der Waals surface area (Å²) in [5.74, 6) is -2.59. The van der Waals surface area contributed by atoms with Crippen LogP contribution in [0.15, 0.2) is 60.8 Å². The average Bonchev–Trinajstić information content (AvgIpc) is 3.22. The molecule has 0 radical (unpaired) electrons. The van der Waals surface area contributed by atoms with Gasteiger partial charge in [0.1, 0.15) is 0 Å². The summed E-state index contributed by atoms with van der Waals surface area (Å²) in [4.78, 5) is 18.8. The predicted octanol–water partition coefficient (Wildman–Crippen LogP) is 6.30. The van der Waals surface area contributed by atoms with E-state index in [4.69, 9.17) is 0 Å². The van der Waals surface area contributed by atoms with E-state index in [0.717, 1.165) is 35.9 Å². The number of hydrogen-bond donors (Lipinski definition) is 1. The molecule has 4 aromatic rings. The number of carbonyl (C=O) groups is 1. The first kappa shape index (κ1) is 26.5. The van der Waals surface area contributed by atoms with E-state index < -0.39 is 35.4 Å². The molecule has 3 heterocycles. The molecule has 0 fully saturated rings. The fourth-order valence-corrected chi connectivity index (χ4v) is 4.74. The van der Waals surface area contributed by atoms with Gasteiger partial charge in [0.05, 0.1) is 11.1 Å². The molecule has 0 atom stereocenters. The molecule has 2 aromatic heterocycles. The van der Waals surface area contributed by atoms with Gasteiger partial charge in [-0.1, -0.05) is 24.3 Å². The zero-order chi connectivity index (χ0) is 27.7. The second-order valence-electron chi connectivity index (χ2n) is 9.20. The molecule has 0 bridgehead atoms. The number of benzene rings is 2. The predicted molar refractivity (Wildman–Crippen MR) is 133 cm³/mol. The Morgan fingerprint density at radius 2 is 1.85 bits per heavy atom. The number of amides is 1. The summed E-state index contributed by atoms with van der Waals surface area (Å²) in [5.41, 5.74) is 1.54. The van der Waals surface area contributed by atoms with Crippen LogP contribution in [0.5, 0.6) is 0 Å². The van der Waals surface area contributed by atoms with Crippen LogP contribution in [-0.4, -0.2) is 33.6 Å². The van der Waals surface area contributed by atoms with Gasteiger partial charge in [-0.2, -0.15) is 17.6 Å². The SMILES string of the molecule is O=C(NCc1ccnc(F)c1)n1c2c(c3ccc(C(F)(F)F)cc31)CN(C/C=C/c1ccc(F)c(F)c1)CC2. The highest BCUT2D eigenvalue weighted by molar-refractivity contribution is 5.96. The van der Waals surface area contributed by atoms with E-state index in [-0.39, 0.29) is 12.1 Å². The van der Waals surface area contributed by atoms with Gasteiger partial charge >= 0.3 is 12.2 Å². The van der Waals surface area contributed by atoms with Crippen molar-refractivity contribution in [3.8, 4) is 0 Å². The Balaban J connectivity index is 1.42. The molecule has 1 aliphatic heterocycles. The Kier molecular flexibility index (Phi) is 7.17. The molecule has 1 amide bonds. The third kappa shape index (κ3) is 5.68. The molecule has 0 aliphatic carbocycles. The average molecular weight is 544 g/mol. The Morgan fingerprint density at radius 3 is 2.59 bits per heavy atom. The van der Waals surface area contributed by atoms with Crippen molar-refractivity contribution in [2.45, 2.75) is 25.7 Å². The molecular formula is C28H22F6N4O. The zero-order valence-corrected chi connectivity index (χ0v) is 20.4. The van der Waals surface area contributed by atoms with E-state index in [0.29, 0.717) is 48.3 Å². The number of halogens is 6. The highest BCUT2D eigenvalue weighted by atomic mass is 19.4. The molecule has 0 saturated heterocycles. The van der Waals surface area contributed by atoms with Crippen molar-refractivity contribution >= 4 is 23.0 Å². The van der Waals surface area contributed by atoms with E-state index in [2.05, 4.69) is 10.3 Å². The maximum Gasteiger partial charge on any atom is 0.416 e. The van der Waals surface area contributed by atoms with Crippen LogP contribution in [0, 0.1) is 17.6 Å². The fourth-order valence-electron chi connectivity index (χ4n) is 4.74. The van der Waals surface area contributed by atoms with Crippen molar-refractivity contribution in [3.63, 3.8) is 0 Å². The number of rotatable bonds is 5. The third-order valence-corrected chi connectivity index (χ3v) is 6.61. The third-order valence-electron chi connectivity index (χ3n) is 6.61. The Morgan fingerprint density at radius 1 is 1.03 bits per heavy atom. The minimum absolute atomic E-state index is 0.0351. The Labute approximate surface area is 219 Å². The molecule has 202 valence electrons. The summed E-state index contributed by atoms with van der Waals surface area (Å²) in [6.07, 6.45) is 0.508. The number of nitrogens with zero attached hydrogens (tertiary/aromatic N) is 3. The van der Waals surface area contributed by atoms with Gasteiger partial charge in [-0.3, -0.25) is 9.47 Å². The summed E-state index contributed by atoms with van der Waals surface area (Å²) in [6.45, 7) is 1.30. The molecule has 1 aliphatic rings. The quantitative estimate of drug-likeness (QED) is 0.237. The van der Waals surface area contributed by atoms with Gasteiger partial charge in [-0.15, -0.1) is 0 Å². The zero-order valence-electron chi connectivity index (χ0n) is 20.4.